The van der Waals surface area contributed by atoms with Gasteiger partial charge in [0.2, 0.25) is 5.91 Å². The molecular weight excluding hydrogens is 346 g/mol. The van der Waals surface area contributed by atoms with Crippen molar-refractivity contribution in [1.29, 1.82) is 0 Å². The van der Waals surface area contributed by atoms with Crippen LogP contribution in [0.2, 0.25) is 0 Å². The SMILES string of the molecule is COc1ccc(C(CC(=O)O)NC(=O)Cc2cc(C)ccc2C)c(OC)c1. The Morgan fingerprint density at radius 1 is 1.07 bits per heavy atom. The van der Waals surface area contributed by atoms with E-state index in [1.165, 1.54) is 14.2 Å². The van der Waals surface area contributed by atoms with Crippen LogP contribution >= 0.6 is 0 Å². The number of methoxy groups -OCH3 is 2. The third-order valence-corrected chi connectivity index (χ3v) is 4.39. The summed E-state index contributed by atoms with van der Waals surface area (Å²) in [4.78, 5) is 23.9. The third-order valence-electron chi connectivity index (χ3n) is 4.39. The Kier molecular flexibility index (Phi) is 6.82. The monoisotopic (exact) mass is 371 g/mol. The predicted molar refractivity (Wildman–Crippen MR) is 102 cm³/mol. The number of aliphatic carboxylic acids is 1. The molecule has 0 bridgehead atoms. The standard InChI is InChI=1S/C21H25NO5/c1-13-5-6-14(2)15(9-13)10-20(23)22-18(12-21(24)25)17-8-7-16(26-3)11-19(17)27-4/h5-9,11,18H,10,12H2,1-4H3,(H,22,23)(H,24,25). The average molecular weight is 371 g/mol. The van der Waals surface area contributed by atoms with Gasteiger partial charge in [0.1, 0.15) is 11.5 Å². The van der Waals surface area contributed by atoms with E-state index in [0.29, 0.717) is 17.1 Å². The van der Waals surface area contributed by atoms with Crippen LogP contribution in [0.5, 0.6) is 11.5 Å². The van der Waals surface area contributed by atoms with Crippen molar-refractivity contribution in [1.82, 2.24) is 5.32 Å². The molecule has 0 saturated heterocycles. The molecule has 0 fully saturated rings. The van der Waals surface area contributed by atoms with Crippen LogP contribution in [0.3, 0.4) is 0 Å². The summed E-state index contributed by atoms with van der Waals surface area (Å²) in [6.07, 6.45) is -0.0661. The smallest absolute Gasteiger partial charge is 0.305 e. The lowest BCUT2D eigenvalue weighted by molar-refractivity contribution is -0.137. The quantitative estimate of drug-likeness (QED) is 0.744. The van der Waals surface area contributed by atoms with E-state index in [4.69, 9.17) is 9.47 Å². The van der Waals surface area contributed by atoms with E-state index in [1.54, 1.807) is 18.2 Å². The second-order valence-corrected chi connectivity index (χ2v) is 6.43. The first-order valence-electron chi connectivity index (χ1n) is 8.63. The number of carboxylic acids is 1. The molecule has 1 amide bonds. The maximum Gasteiger partial charge on any atom is 0.305 e. The molecule has 2 aromatic carbocycles. The van der Waals surface area contributed by atoms with Crippen molar-refractivity contribution in [2.24, 2.45) is 0 Å². The van der Waals surface area contributed by atoms with Crippen molar-refractivity contribution < 1.29 is 24.2 Å². The van der Waals surface area contributed by atoms with Crippen LogP contribution in [0.25, 0.3) is 0 Å². The lowest BCUT2D eigenvalue weighted by Gasteiger charge is -2.21. The molecule has 27 heavy (non-hydrogen) atoms. The highest BCUT2D eigenvalue weighted by molar-refractivity contribution is 5.80. The first-order valence-corrected chi connectivity index (χ1v) is 8.63. The van der Waals surface area contributed by atoms with Gasteiger partial charge < -0.3 is 19.9 Å². The molecule has 0 heterocycles. The van der Waals surface area contributed by atoms with Gasteiger partial charge in [-0.25, -0.2) is 0 Å². The molecule has 1 unspecified atom stereocenters. The number of nitrogens with one attached hydrogen (secondary N) is 1. The number of hydrogen-bond acceptors (Lipinski definition) is 4. The van der Waals surface area contributed by atoms with Crippen molar-refractivity contribution >= 4 is 11.9 Å². The number of hydrogen-bond donors (Lipinski definition) is 2. The van der Waals surface area contributed by atoms with Gasteiger partial charge in [-0.15, -0.1) is 0 Å². The summed E-state index contributed by atoms with van der Waals surface area (Å²) >= 11 is 0. The second-order valence-electron chi connectivity index (χ2n) is 6.43. The van der Waals surface area contributed by atoms with Crippen LogP contribution in [0, 0.1) is 13.8 Å². The Bertz CT molecular complexity index is 831. The number of amides is 1. The van der Waals surface area contributed by atoms with Crippen molar-refractivity contribution in [3.63, 3.8) is 0 Å². The predicted octanol–water partition coefficient (Wildman–Crippen LogP) is 3.20. The molecule has 0 radical (unpaired) electrons. The molecule has 0 aromatic heterocycles. The minimum Gasteiger partial charge on any atom is -0.497 e. The molecule has 1 atom stereocenters. The lowest BCUT2D eigenvalue weighted by atomic mass is 10.00. The molecule has 0 saturated carbocycles. The number of benzene rings is 2. The van der Waals surface area contributed by atoms with Gasteiger partial charge in [-0.2, -0.15) is 0 Å². The molecule has 6 heteroatoms. The van der Waals surface area contributed by atoms with Gasteiger partial charge >= 0.3 is 5.97 Å². The third kappa shape index (κ3) is 5.48. The van der Waals surface area contributed by atoms with Crippen molar-refractivity contribution in [3.8, 4) is 11.5 Å². The van der Waals surface area contributed by atoms with E-state index >= 15 is 0 Å². The van der Waals surface area contributed by atoms with E-state index in [-0.39, 0.29) is 18.7 Å². The zero-order valence-electron chi connectivity index (χ0n) is 16.0. The highest BCUT2D eigenvalue weighted by Gasteiger charge is 2.22. The molecule has 2 rings (SSSR count). The molecule has 0 spiro atoms. The van der Waals surface area contributed by atoms with Crippen molar-refractivity contribution in [3.05, 3.63) is 58.7 Å². The van der Waals surface area contributed by atoms with E-state index < -0.39 is 12.0 Å². The minimum absolute atomic E-state index is 0.183. The molecule has 0 aliphatic carbocycles. The van der Waals surface area contributed by atoms with Gasteiger partial charge in [-0.3, -0.25) is 9.59 Å². The summed E-state index contributed by atoms with van der Waals surface area (Å²) in [5.74, 6) is -0.197. The van der Waals surface area contributed by atoms with Crippen LogP contribution in [0.4, 0.5) is 0 Å². The van der Waals surface area contributed by atoms with Crippen LogP contribution in [-0.4, -0.2) is 31.2 Å². The summed E-state index contributed by atoms with van der Waals surface area (Å²) in [6, 6.07) is 10.3. The summed E-state index contributed by atoms with van der Waals surface area (Å²) < 4.78 is 10.5. The zero-order valence-corrected chi connectivity index (χ0v) is 16.0. The van der Waals surface area contributed by atoms with E-state index in [9.17, 15) is 14.7 Å². The average Bonchev–Trinajstić information content (AvgIpc) is 2.63. The van der Waals surface area contributed by atoms with Gasteiger partial charge in [0.05, 0.1) is 33.1 Å². The molecule has 144 valence electrons. The van der Waals surface area contributed by atoms with Crippen LogP contribution in [-0.2, 0) is 16.0 Å². The van der Waals surface area contributed by atoms with Gasteiger partial charge in [-0.1, -0.05) is 23.8 Å². The first kappa shape index (κ1) is 20.3. The maximum atomic E-state index is 12.6. The molecule has 2 N–H and O–H groups in total. The molecule has 0 aliphatic heterocycles. The largest absolute Gasteiger partial charge is 0.497 e. The fraction of sp³-hybridized carbons (Fsp3) is 0.333. The first-order chi connectivity index (χ1) is 12.8. The topological polar surface area (TPSA) is 84.9 Å². The van der Waals surface area contributed by atoms with Crippen molar-refractivity contribution in [2.75, 3.05) is 14.2 Å². The normalized spacial score (nSPS) is 11.6. The highest BCUT2D eigenvalue weighted by atomic mass is 16.5. The molecular formula is C21H25NO5. The van der Waals surface area contributed by atoms with E-state index in [1.807, 2.05) is 32.0 Å². The van der Waals surface area contributed by atoms with Crippen molar-refractivity contribution in [2.45, 2.75) is 32.7 Å². The summed E-state index contributed by atoms with van der Waals surface area (Å²) in [7, 11) is 3.03. The van der Waals surface area contributed by atoms with Crippen LogP contribution in [0.1, 0.15) is 34.7 Å². The summed E-state index contributed by atoms with van der Waals surface area (Å²) in [5.41, 5.74) is 3.60. The molecule has 0 aliphatic rings. The highest BCUT2D eigenvalue weighted by Crippen LogP contribution is 2.31. The van der Waals surface area contributed by atoms with Crippen LogP contribution < -0.4 is 14.8 Å². The number of rotatable bonds is 8. The summed E-state index contributed by atoms with van der Waals surface area (Å²) in [6.45, 7) is 3.92. The Hall–Kier alpha value is -3.02. The fourth-order valence-corrected chi connectivity index (χ4v) is 2.93. The Balaban J connectivity index is 2.25. The van der Waals surface area contributed by atoms with Crippen LogP contribution in [0.15, 0.2) is 36.4 Å². The number of carbonyl (C=O) groups excluding carboxylic acids is 1. The number of aryl methyl sites for hydroxylation is 2. The number of carboxylic acid groups (broad SMARTS) is 1. The summed E-state index contributed by atoms with van der Waals surface area (Å²) in [5, 5.41) is 12.1. The Morgan fingerprint density at radius 2 is 1.81 bits per heavy atom. The minimum atomic E-state index is -1.01. The van der Waals surface area contributed by atoms with Gasteiger partial charge in [-0.05, 0) is 37.1 Å². The van der Waals surface area contributed by atoms with E-state index in [2.05, 4.69) is 5.32 Å². The van der Waals surface area contributed by atoms with Gasteiger partial charge in [0.25, 0.3) is 0 Å². The van der Waals surface area contributed by atoms with E-state index in [0.717, 1.165) is 16.7 Å². The number of ether oxygens (including phenoxy) is 2. The maximum absolute atomic E-state index is 12.6. The Morgan fingerprint density at radius 3 is 2.44 bits per heavy atom. The fourth-order valence-electron chi connectivity index (χ4n) is 2.93. The lowest BCUT2D eigenvalue weighted by Crippen LogP contribution is -2.31. The molecule has 6 nitrogen and oxygen atoms in total. The van der Waals surface area contributed by atoms with Gasteiger partial charge in [0, 0.05) is 11.6 Å². The number of carbonyl (C=O) groups is 2. The van der Waals surface area contributed by atoms with Gasteiger partial charge in [0.15, 0.2) is 0 Å². The second kappa shape index (κ2) is 9.07. The zero-order chi connectivity index (χ0) is 20.0. The molecule has 2 aromatic rings. The Labute approximate surface area is 159 Å².